The van der Waals surface area contributed by atoms with E-state index in [0.29, 0.717) is 5.56 Å². The molecule has 2 aliphatic heterocycles. The first-order valence-electron chi connectivity index (χ1n) is 7.25. The Labute approximate surface area is 123 Å². The quantitative estimate of drug-likeness (QED) is 0.850. The molecule has 0 radical (unpaired) electrons. The average molecular weight is 296 g/mol. The number of halogens is 2. The van der Waals surface area contributed by atoms with Crippen molar-refractivity contribution in [1.29, 1.82) is 0 Å². The van der Waals surface area contributed by atoms with E-state index in [2.05, 4.69) is 0 Å². The predicted octanol–water partition coefficient (Wildman–Crippen LogP) is 2.15. The van der Waals surface area contributed by atoms with E-state index in [0.717, 1.165) is 19.4 Å². The highest BCUT2D eigenvalue weighted by Crippen LogP contribution is 2.46. The summed E-state index contributed by atoms with van der Waals surface area (Å²) in [5.41, 5.74) is 0.0550. The zero-order valence-corrected chi connectivity index (χ0v) is 12.3. The number of hydrogen-bond donors (Lipinski definition) is 1. The van der Waals surface area contributed by atoms with E-state index in [1.807, 2.05) is 20.8 Å². The van der Waals surface area contributed by atoms with Crippen LogP contribution in [0.15, 0.2) is 18.2 Å². The number of aliphatic hydroxyl groups excluding tert-OH is 1. The van der Waals surface area contributed by atoms with Gasteiger partial charge in [-0.05, 0) is 44.3 Å². The van der Waals surface area contributed by atoms with Gasteiger partial charge in [0.25, 0.3) is 0 Å². The SMILES string of the molecule is C[C@@H]1O[C@H]([C@@H](O)c2ccc(F)c(F)c2)[C@H]2OC(C)(C)B[C@H]21. The van der Waals surface area contributed by atoms with E-state index in [1.54, 1.807) is 0 Å². The van der Waals surface area contributed by atoms with E-state index in [4.69, 9.17) is 9.47 Å². The van der Waals surface area contributed by atoms with Crippen LogP contribution in [0, 0.1) is 11.6 Å². The van der Waals surface area contributed by atoms with Gasteiger partial charge in [-0.1, -0.05) is 6.07 Å². The molecule has 3 rings (SSSR count). The highest BCUT2D eigenvalue weighted by molar-refractivity contribution is 6.43. The Morgan fingerprint density at radius 1 is 1.29 bits per heavy atom. The zero-order valence-electron chi connectivity index (χ0n) is 12.3. The van der Waals surface area contributed by atoms with Gasteiger partial charge in [-0.3, -0.25) is 0 Å². The predicted molar refractivity (Wildman–Crippen MR) is 75.5 cm³/mol. The van der Waals surface area contributed by atoms with E-state index in [-0.39, 0.29) is 23.5 Å². The standard InChI is InChI=1S/C15H19BF2O3/c1-7-11-13(21-15(2,3)16-11)14(20-7)12(19)8-4-5-9(17)10(18)6-8/h4-7,11-14,16,19H,1-3H3/t7-,11-,12-,13-,14+/m0/s1. The molecule has 2 aliphatic rings. The maximum Gasteiger partial charge on any atom is 0.170 e. The smallest absolute Gasteiger partial charge is 0.170 e. The van der Waals surface area contributed by atoms with Crippen molar-refractivity contribution in [3.63, 3.8) is 0 Å². The number of aliphatic hydroxyl groups is 1. The summed E-state index contributed by atoms with van der Waals surface area (Å²) in [5.74, 6) is -1.69. The maximum atomic E-state index is 13.3. The van der Waals surface area contributed by atoms with Crippen molar-refractivity contribution in [3.8, 4) is 0 Å². The van der Waals surface area contributed by atoms with Crippen LogP contribution in [0.5, 0.6) is 0 Å². The van der Waals surface area contributed by atoms with Crippen molar-refractivity contribution >= 4 is 7.28 Å². The van der Waals surface area contributed by atoms with E-state index in [1.165, 1.54) is 6.07 Å². The lowest BCUT2D eigenvalue weighted by Gasteiger charge is -2.27. The Bertz CT molecular complexity index is 552. The Morgan fingerprint density at radius 3 is 2.67 bits per heavy atom. The van der Waals surface area contributed by atoms with Gasteiger partial charge in [0, 0.05) is 5.50 Å². The van der Waals surface area contributed by atoms with Crippen molar-refractivity contribution < 1.29 is 23.4 Å². The molecule has 1 aromatic carbocycles. The summed E-state index contributed by atoms with van der Waals surface area (Å²) in [6.07, 6.45) is -1.84. The summed E-state index contributed by atoms with van der Waals surface area (Å²) in [6, 6.07) is 3.41. The lowest BCUT2D eigenvalue weighted by atomic mass is 9.53. The molecule has 1 aromatic rings. The molecule has 2 fully saturated rings. The number of ether oxygens (including phenoxy) is 2. The second-order valence-electron chi connectivity index (χ2n) is 6.63. The van der Waals surface area contributed by atoms with Gasteiger partial charge in [0.1, 0.15) is 12.2 Å². The van der Waals surface area contributed by atoms with Gasteiger partial charge in [-0.15, -0.1) is 0 Å². The van der Waals surface area contributed by atoms with Crippen molar-refractivity contribution in [2.24, 2.45) is 0 Å². The summed E-state index contributed by atoms with van der Waals surface area (Å²) in [5, 5.41) is 10.5. The molecule has 0 amide bonds. The molecule has 21 heavy (non-hydrogen) atoms. The minimum atomic E-state index is -1.04. The first-order chi connectivity index (χ1) is 9.78. The molecule has 114 valence electrons. The largest absolute Gasteiger partial charge is 0.386 e. The molecule has 6 heteroatoms. The van der Waals surface area contributed by atoms with Crippen LogP contribution in [0.25, 0.3) is 0 Å². The molecule has 0 bridgehead atoms. The van der Waals surface area contributed by atoms with Gasteiger partial charge in [0.05, 0.1) is 12.2 Å². The summed E-state index contributed by atoms with van der Waals surface area (Å²) in [7, 11) is 0.861. The van der Waals surface area contributed by atoms with Crippen molar-refractivity contribution in [1.82, 2.24) is 0 Å². The lowest BCUT2D eigenvalue weighted by Crippen LogP contribution is -2.34. The third kappa shape index (κ3) is 2.60. The molecular weight excluding hydrogens is 277 g/mol. The van der Waals surface area contributed by atoms with Gasteiger partial charge in [0.2, 0.25) is 0 Å². The monoisotopic (exact) mass is 296 g/mol. The van der Waals surface area contributed by atoms with E-state index < -0.39 is 23.8 Å². The molecule has 0 saturated carbocycles. The van der Waals surface area contributed by atoms with Gasteiger partial charge in [-0.2, -0.15) is 0 Å². The number of rotatable bonds is 2. The van der Waals surface area contributed by atoms with E-state index in [9.17, 15) is 13.9 Å². The molecular formula is C15H19BF2O3. The number of hydrogen-bond acceptors (Lipinski definition) is 3. The fraction of sp³-hybridized carbons (Fsp3) is 0.600. The Balaban J connectivity index is 1.84. The fourth-order valence-electron chi connectivity index (χ4n) is 3.50. The van der Waals surface area contributed by atoms with Gasteiger partial charge >= 0.3 is 0 Å². The lowest BCUT2D eigenvalue weighted by molar-refractivity contribution is -0.101. The summed E-state index contributed by atoms with van der Waals surface area (Å²) in [6.45, 7) is 5.98. The van der Waals surface area contributed by atoms with Crippen LogP contribution >= 0.6 is 0 Å². The highest BCUT2D eigenvalue weighted by atomic mass is 19.2. The Hall–Kier alpha value is -0.975. The topological polar surface area (TPSA) is 38.7 Å². The van der Waals surface area contributed by atoms with Gasteiger partial charge < -0.3 is 14.6 Å². The van der Waals surface area contributed by atoms with Crippen molar-refractivity contribution in [2.45, 2.75) is 56.5 Å². The summed E-state index contributed by atoms with van der Waals surface area (Å²) < 4.78 is 38.2. The second kappa shape index (κ2) is 5.04. The van der Waals surface area contributed by atoms with Crippen LogP contribution in [0.2, 0.25) is 5.82 Å². The average Bonchev–Trinajstić information content (AvgIpc) is 2.87. The van der Waals surface area contributed by atoms with Crippen LogP contribution in [0.1, 0.15) is 32.4 Å². The molecule has 0 spiro atoms. The van der Waals surface area contributed by atoms with Crippen LogP contribution in [0.3, 0.4) is 0 Å². The highest BCUT2D eigenvalue weighted by Gasteiger charge is 2.54. The van der Waals surface area contributed by atoms with Crippen LogP contribution in [-0.2, 0) is 9.47 Å². The third-order valence-corrected chi connectivity index (χ3v) is 4.50. The molecule has 2 heterocycles. The molecule has 3 nitrogen and oxygen atoms in total. The first-order valence-corrected chi connectivity index (χ1v) is 7.25. The Kier molecular flexibility index (Phi) is 3.58. The maximum absolute atomic E-state index is 13.3. The normalized spacial score (nSPS) is 35.3. The molecule has 0 aromatic heterocycles. The fourth-order valence-corrected chi connectivity index (χ4v) is 3.50. The van der Waals surface area contributed by atoms with Crippen molar-refractivity contribution in [3.05, 3.63) is 35.4 Å². The summed E-state index contributed by atoms with van der Waals surface area (Å²) >= 11 is 0. The van der Waals surface area contributed by atoms with Crippen molar-refractivity contribution in [2.75, 3.05) is 0 Å². The molecule has 5 atom stereocenters. The third-order valence-electron chi connectivity index (χ3n) is 4.50. The molecule has 0 aliphatic carbocycles. The van der Waals surface area contributed by atoms with Crippen LogP contribution < -0.4 is 0 Å². The van der Waals surface area contributed by atoms with Gasteiger partial charge in [0.15, 0.2) is 18.9 Å². The molecule has 1 N–H and O–H groups in total. The number of benzene rings is 1. The van der Waals surface area contributed by atoms with Gasteiger partial charge in [-0.25, -0.2) is 8.78 Å². The number of fused-ring (bicyclic) bond motifs is 1. The van der Waals surface area contributed by atoms with Crippen LogP contribution in [0.4, 0.5) is 8.78 Å². The second-order valence-corrected chi connectivity index (χ2v) is 6.63. The molecule has 2 saturated heterocycles. The molecule has 0 unspecified atom stereocenters. The van der Waals surface area contributed by atoms with Crippen LogP contribution in [-0.4, -0.2) is 36.2 Å². The first kappa shape index (κ1) is 14.9. The minimum Gasteiger partial charge on any atom is -0.386 e. The zero-order chi connectivity index (χ0) is 15.4. The van der Waals surface area contributed by atoms with E-state index >= 15 is 0 Å². The summed E-state index contributed by atoms with van der Waals surface area (Å²) in [4.78, 5) is 0. The Morgan fingerprint density at radius 2 is 2.00 bits per heavy atom. The minimum absolute atomic E-state index is 0.0262.